The van der Waals surface area contributed by atoms with Gasteiger partial charge in [-0.1, -0.05) is 29.8 Å². The van der Waals surface area contributed by atoms with Crippen molar-refractivity contribution in [1.82, 2.24) is 14.8 Å². The van der Waals surface area contributed by atoms with Gasteiger partial charge in [-0.2, -0.15) is 0 Å². The van der Waals surface area contributed by atoms with E-state index in [-0.39, 0.29) is 5.91 Å². The number of thiazole rings is 1. The van der Waals surface area contributed by atoms with Crippen LogP contribution in [0.4, 0.5) is 0 Å². The van der Waals surface area contributed by atoms with Crippen LogP contribution >= 0.6 is 34.3 Å². The number of rotatable bonds is 7. The van der Waals surface area contributed by atoms with E-state index in [2.05, 4.69) is 16.0 Å². The van der Waals surface area contributed by atoms with Crippen molar-refractivity contribution in [3.63, 3.8) is 0 Å². The number of amides is 1. The minimum Gasteiger partial charge on any atom is -0.491 e. The fourth-order valence-corrected chi connectivity index (χ4v) is 5.06. The molecule has 5 nitrogen and oxygen atoms in total. The van der Waals surface area contributed by atoms with Gasteiger partial charge in [-0.15, -0.1) is 22.7 Å². The normalized spacial score (nSPS) is 14.9. The molecule has 0 unspecified atom stereocenters. The van der Waals surface area contributed by atoms with Gasteiger partial charge >= 0.3 is 0 Å². The zero-order chi connectivity index (χ0) is 20.1. The highest BCUT2D eigenvalue weighted by Crippen LogP contribution is 2.28. The van der Waals surface area contributed by atoms with Crippen molar-refractivity contribution in [2.45, 2.75) is 6.42 Å². The molecule has 0 spiro atoms. The molecule has 4 rings (SSSR count). The molecule has 1 aromatic carbocycles. The second kappa shape index (κ2) is 9.71. The smallest absolute Gasteiger partial charge is 0.228 e. The summed E-state index contributed by atoms with van der Waals surface area (Å²) in [4.78, 5) is 22.7. The molecule has 1 amide bonds. The Morgan fingerprint density at radius 3 is 2.69 bits per heavy atom. The molecule has 1 fully saturated rings. The summed E-state index contributed by atoms with van der Waals surface area (Å²) in [5, 5.41) is 5.66. The minimum atomic E-state index is 0.153. The molecule has 0 N–H and O–H groups in total. The van der Waals surface area contributed by atoms with Gasteiger partial charge in [0, 0.05) is 38.1 Å². The maximum absolute atomic E-state index is 12.6. The Kier molecular flexibility index (Phi) is 6.82. The molecule has 0 saturated carbocycles. The van der Waals surface area contributed by atoms with Crippen LogP contribution in [0.5, 0.6) is 5.75 Å². The molecular formula is C21H22ClN3O2S2. The van der Waals surface area contributed by atoms with Gasteiger partial charge in [-0.05, 0) is 23.6 Å². The first kappa shape index (κ1) is 20.3. The maximum Gasteiger partial charge on any atom is 0.228 e. The van der Waals surface area contributed by atoms with Gasteiger partial charge in [-0.3, -0.25) is 9.69 Å². The van der Waals surface area contributed by atoms with E-state index >= 15 is 0 Å². The maximum atomic E-state index is 12.6. The van der Waals surface area contributed by atoms with Crippen LogP contribution in [0.25, 0.3) is 9.88 Å². The van der Waals surface area contributed by atoms with Crippen molar-refractivity contribution in [3.8, 4) is 15.6 Å². The van der Waals surface area contributed by atoms with Crippen molar-refractivity contribution in [2.75, 3.05) is 39.3 Å². The van der Waals surface area contributed by atoms with Crippen molar-refractivity contribution >= 4 is 40.2 Å². The number of hydrogen-bond donors (Lipinski definition) is 0. The zero-order valence-electron chi connectivity index (χ0n) is 15.9. The third-order valence-corrected chi connectivity index (χ3v) is 7.09. The number of aromatic nitrogens is 1. The van der Waals surface area contributed by atoms with Gasteiger partial charge in [0.05, 0.1) is 22.0 Å². The molecule has 1 saturated heterocycles. The monoisotopic (exact) mass is 447 g/mol. The molecule has 3 heterocycles. The molecule has 0 radical (unpaired) electrons. The Balaban J connectivity index is 1.20. The number of piperazine rings is 1. The lowest BCUT2D eigenvalue weighted by Gasteiger charge is -2.34. The Bertz CT molecular complexity index is 937. The average Bonchev–Trinajstić information content (AvgIpc) is 3.42. The Labute approximate surface area is 183 Å². The number of benzene rings is 1. The molecule has 1 aliphatic heterocycles. The highest BCUT2D eigenvalue weighted by atomic mass is 35.5. The fraction of sp³-hybridized carbons (Fsp3) is 0.333. The van der Waals surface area contributed by atoms with Crippen LogP contribution in [0.1, 0.15) is 5.69 Å². The van der Waals surface area contributed by atoms with Crippen LogP contribution in [0.3, 0.4) is 0 Å². The van der Waals surface area contributed by atoms with Gasteiger partial charge < -0.3 is 9.64 Å². The van der Waals surface area contributed by atoms with E-state index in [4.69, 9.17) is 16.3 Å². The SMILES string of the molecule is O=C(Cc1csc(-c2cccs2)n1)N1CCN(CCOc2ccccc2Cl)CC1. The van der Waals surface area contributed by atoms with E-state index < -0.39 is 0 Å². The minimum absolute atomic E-state index is 0.153. The predicted octanol–water partition coefficient (Wildman–Crippen LogP) is 4.29. The largest absolute Gasteiger partial charge is 0.491 e. The van der Waals surface area contributed by atoms with Crippen LogP contribution < -0.4 is 4.74 Å². The molecule has 0 aliphatic carbocycles. The topological polar surface area (TPSA) is 45.7 Å². The van der Waals surface area contributed by atoms with Crippen LogP contribution in [0.15, 0.2) is 47.2 Å². The first-order valence-corrected chi connectivity index (χ1v) is 11.7. The second-order valence-corrected chi connectivity index (χ2v) is 9.01. The second-order valence-electron chi connectivity index (χ2n) is 6.80. The lowest BCUT2D eigenvalue weighted by Crippen LogP contribution is -2.50. The summed E-state index contributed by atoms with van der Waals surface area (Å²) >= 11 is 9.38. The summed E-state index contributed by atoms with van der Waals surface area (Å²) < 4.78 is 5.77. The standard InChI is InChI=1S/C21H22ClN3O2S2/c22-17-4-1-2-5-18(17)27-12-11-24-7-9-25(10-8-24)20(26)14-16-15-29-21(23-16)19-6-3-13-28-19/h1-6,13,15H,7-12,14H2. The number of halogens is 1. The van der Waals surface area contributed by atoms with Gasteiger partial charge in [0.2, 0.25) is 5.91 Å². The highest BCUT2D eigenvalue weighted by Gasteiger charge is 2.22. The van der Waals surface area contributed by atoms with Crippen molar-refractivity contribution in [2.24, 2.45) is 0 Å². The zero-order valence-corrected chi connectivity index (χ0v) is 18.3. The van der Waals surface area contributed by atoms with E-state index in [1.54, 1.807) is 22.7 Å². The first-order valence-electron chi connectivity index (χ1n) is 9.55. The average molecular weight is 448 g/mol. The number of carbonyl (C=O) groups excluding carboxylic acids is 1. The number of nitrogens with zero attached hydrogens (tertiary/aromatic N) is 3. The highest BCUT2D eigenvalue weighted by molar-refractivity contribution is 7.20. The van der Waals surface area contributed by atoms with Crippen molar-refractivity contribution < 1.29 is 9.53 Å². The van der Waals surface area contributed by atoms with Crippen LogP contribution in [0.2, 0.25) is 5.02 Å². The summed E-state index contributed by atoms with van der Waals surface area (Å²) in [6.07, 6.45) is 0.373. The summed E-state index contributed by atoms with van der Waals surface area (Å²) in [6.45, 7) is 4.61. The molecule has 3 aromatic rings. The van der Waals surface area contributed by atoms with E-state index in [9.17, 15) is 4.79 Å². The fourth-order valence-electron chi connectivity index (χ4n) is 3.24. The lowest BCUT2D eigenvalue weighted by atomic mass is 10.2. The third-order valence-electron chi connectivity index (χ3n) is 4.84. The number of ether oxygens (including phenoxy) is 1. The number of carbonyl (C=O) groups is 1. The molecule has 1 aliphatic rings. The van der Waals surface area contributed by atoms with Crippen LogP contribution in [-0.4, -0.2) is 60.0 Å². The number of hydrogen-bond acceptors (Lipinski definition) is 6. The quantitative estimate of drug-likeness (QED) is 0.542. The number of thiophene rings is 1. The summed E-state index contributed by atoms with van der Waals surface area (Å²) in [7, 11) is 0. The van der Waals surface area contributed by atoms with Crippen molar-refractivity contribution in [3.05, 3.63) is 57.9 Å². The van der Waals surface area contributed by atoms with E-state index in [0.29, 0.717) is 23.8 Å². The molecule has 152 valence electrons. The van der Waals surface area contributed by atoms with Gasteiger partial charge in [0.1, 0.15) is 17.4 Å². The van der Waals surface area contributed by atoms with Gasteiger partial charge in [0.25, 0.3) is 0 Å². The number of para-hydroxylation sites is 1. The third kappa shape index (κ3) is 5.36. The van der Waals surface area contributed by atoms with Crippen molar-refractivity contribution in [1.29, 1.82) is 0 Å². The predicted molar refractivity (Wildman–Crippen MR) is 119 cm³/mol. The molecule has 2 aromatic heterocycles. The Morgan fingerprint density at radius 1 is 1.10 bits per heavy atom. The summed E-state index contributed by atoms with van der Waals surface area (Å²) in [5.41, 5.74) is 0.860. The Hall–Kier alpha value is -1.93. The van der Waals surface area contributed by atoms with Crippen LogP contribution in [0, 0.1) is 0 Å². The summed E-state index contributed by atoms with van der Waals surface area (Å²) in [6, 6.07) is 11.6. The van der Waals surface area contributed by atoms with E-state index in [1.165, 1.54) is 0 Å². The van der Waals surface area contributed by atoms with Crippen LogP contribution in [-0.2, 0) is 11.2 Å². The molecule has 29 heavy (non-hydrogen) atoms. The Morgan fingerprint density at radius 2 is 1.93 bits per heavy atom. The lowest BCUT2D eigenvalue weighted by molar-refractivity contribution is -0.132. The first-order chi connectivity index (χ1) is 14.2. The summed E-state index contributed by atoms with van der Waals surface area (Å²) in [5.74, 6) is 0.869. The van der Waals surface area contributed by atoms with E-state index in [0.717, 1.165) is 48.3 Å². The molecule has 0 atom stereocenters. The molecule has 8 heteroatoms. The van der Waals surface area contributed by atoms with Gasteiger partial charge in [0.15, 0.2) is 0 Å². The molecule has 0 bridgehead atoms. The van der Waals surface area contributed by atoms with E-state index in [1.807, 2.05) is 46.0 Å². The molecular weight excluding hydrogens is 426 g/mol. The van der Waals surface area contributed by atoms with Gasteiger partial charge in [-0.25, -0.2) is 4.98 Å².